The first-order valence-corrected chi connectivity index (χ1v) is 6.20. The van der Waals surface area contributed by atoms with E-state index in [0.717, 1.165) is 10.5 Å². The van der Waals surface area contributed by atoms with E-state index < -0.39 is 0 Å². The summed E-state index contributed by atoms with van der Waals surface area (Å²) in [6, 6.07) is 5.79. The molecule has 0 heterocycles. The average Bonchev–Trinajstić information content (AvgIpc) is 2.09. The first-order valence-electron chi connectivity index (χ1n) is 4.94. The molecular weight excluding hydrogens is 228 g/mol. The summed E-state index contributed by atoms with van der Waals surface area (Å²) in [5.74, 6) is 0.147. The van der Waals surface area contributed by atoms with Gasteiger partial charge in [-0.3, -0.25) is 4.79 Å². The van der Waals surface area contributed by atoms with Crippen molar-refractivity contribution in [1.29, 1.82) is 0 Å². The third-order valence-corrected chi connectivity index (χ3v) is 3.33. The fraction of sp³-hybridized carbons (Fsp3) is 0.417. The molecular formula is C12H15ClOS. The van der Waals surface area contributed by atoms with Crippen LogP contribution in [0.2, 0.25) is 5.02 Å². The summed E-state index contributed by atoms with van der Waals surface area (Å²) in [6.45, 7) is 5.85. The number of benzene rings is 1. The molecule has 0 aliphatic heterocycles. The molecule has 0 radical (unpaired) electrons. The van der Waals surface area contributed by atoms with Crippen molar-refractivity contribution in [1.82, 2.24) is 0 Å². The standard InChI is InChI=1S/C12H15ClOS/c1-8(2)15-12-6-4-5-11(13)10(12)7-9(3)14/h4-6,8H,7H2,1-3H3. The molecule has 1 rings (SSSR count). The summed E-state index contributed by atoms with van der Waals surface area (Å²) >= 11 is 7.84. The summed E-state index contributed by atoms with van der Waals surface area (Å²) in [6.07, 6.45) is 0.425. The molecule has 0 unspecified atom stereocenters. The lowest BCUT2D eigenvalue weighted by atomic mass is 10.1. The van der Waals surface area contributed by atoms with Crippen LogP contribution in [-0.2, 0) is 11.2 Å². The fourth-order valence-electron chi connectivity index (χ4n) is 1.32. The van der Waals surface area contributed by atoms with E-state index in [1.54, 1.807) is 18.7 Å². The SMILES string of the molecule is CC(=O)Cc1c(Cl)cccc1SC(C)C. The normalized spacial score (nSPS) is 10.7. The monoisotopic (exact) mass is 242 g/mol. The van der Waals surface area contributed by atoms with Crippen molar-refractivity contribution in [3.05, 3.63) is 28.8 Å². The number of halogens is 1. The number of Topliss-reactive ketones (excluding diaryl/α,β-unsaturated/α-hetero) is 1. The van der Waals surface area contributed by atoms with E-state index in [0.29, 0.717) is 16.7 Å². The second-order valence-electron chi connectivity index (χ2n) is 3.76. The van der Waals surface area contributed by atoms with Gasteiger partial charge in [-0.15, -0.1) is 11.8 Å². The van der Waals surface area contributed by atoms with E-state index >= 15 is 0 Å². The Bertz CT molecular complexity index is 361. The second-order valence-corrected chi connectivity index (χ2v) is 5.79. The zero-order valence-electron chi connectivity index (χ0n) is 9.21. The Morgan fingerprint density at radius 1 is 1.47 bits per heavy atom. The molecule has 1 aromatic rings. The van der Waals surface area contributed by atoms with Gasteiger partial charge in [0.15, 0.2) is 0 Å². The van der Waals surface area contributed by atoms with Crippen LogP contribution in [0.25, 0.3) is 0 Å². The van der Waals surface area contributed by atoms with E-state index in [4.69, 9.17) is 11.6 Å². The number of hydrogen-bond donors (Lipinski definition) is 0. The van der Waals surface area contributed by atoms with Crippen LogP contribution in [0.5, 0.6) is 0 Å². The molecule has 3 heteroatoms. The zero-order valence-corrected chi connectivity index (χ0v) is 10.8. The summed E-state index contributed by atoms with van der Waals surface area (Å²) in [7, 11) is 0. The maximum Gasteiger partial charge on any atom is 0.134 e. The van der Waals surface area contributed by atoms with Crippen LogP contribution >= 0.6 is 23.4 Å². The van der Waals surface area contributed by atoms with Crippen molar-refractivity contribution in [2.24, 2.45) is 0 Å². The lowest BCUT2D eigenvalue weighted by Gasteiger charge is -2.11. The number of hydrogen-bond acceptors (Lipinski definition) is 2. The Morgan fingerprint density at radius 3 is 2.67 bits per heavy atom. The van der Waals surface area contributed by atoms with Gasteiger partial charge < -0.3 is 0 Å². The number of thioether (sulfide) groups is 1. The van der Waals surface area contributed by atoms with Crippen molar-refractivity contribution in [2.45, 2.75) is 37.3 Å². The van der Waals surface area contributed by atoms with Gasteiger partial charge >= 0.3 is 0 Å². The molecule has 0 amide bonds. The van der Waals surface area contributed by atoms with Crippen LogP contribution in [0, 0.1) is 0 Å². The molecule has 0 bridgehead atoms. The van der Waals surface area contributed by atoms with Crippen LogP contribution in [0.1, 0.15) is 26.3 Å². The minimum absolute atomic E-state index is 0.147. The first kappa shape index (κ1) is 12.6. The van der Waals surface area contributed by atoms with Gasteiger partial charge in [-0.05, 0) is 24.6 Å². The highest BCUT2D eigenvalue weighted by Crippen LogP contribution is 2.31. The van der Waals surface area contributed by atoms with Crippen molar-refractivity contribution in [3.8, 4) is 0 Å². The summed E-state index contributed by atoms with van der Waals surface area (Å²) in [5.41, 5.74) is 0.963. The van der Waals surface area contributed by atoms with E-state index in [1.165, 1.54) is 0 Å². The van der Waals surface area contributed by atoms with Gasteiger partial charge in [-0.1, -0.05) is 31.5 Å². The van der Waals surface area contributed by atoms with Gasteiger partial charge in [0.2, 0.25) is 0 Å². The highest BCUT2D eigenvalue weighted by Gasteiger charge is 2.10. The predicted molar refractivity (Wildman–Crippen MR) is 66.8 cm³/mol. The minimum atomic E-state index is 0.147. The molecule has 15 heavy (non-hydrogen) atoms. The molecule has 0 aromatic heterocycles. The Kier molecular flexibility index (Phi) is 4.68. The molecule has 0 aliphatic rings. The Hall–Kier alpha value is -0.470. The lowest BCUT2D eigenvalue weighted by Crippen LogP contribution is -2.00. The molecule has 82 valence electrons. The average molecular weight is 243 g/mol. The van der Waals surface area contributed by atoms with Gasteiger partial charge in [0.1, 0.15) is 5.78 Å². The maximum atomic E-state index is 11.1. The maximum absolute atomic E-state index is 11.1. The highest BCUT2D eigenvalue weighted by molar-refractivity contribution is 8.00. The van der Waals surface area contributed by atoms with Crippen LogP contribution in [0.3, 0.4) is 0 Å². The molecule has 0 N–H and O–H groups in total. The number of carbonyl (C=O) groups excluding carboxylic acids is 1. The van der Waals surface area contributed by atoms with Crippen molar-refractivity contribution in [3.63, 3.8) is 0 Å². The number of carbonyl (C=O) groups is 1. The predicted octanol–water partition coefficient (Wildman–Crippen LogP) is 3.97. The summed E-state index contributed by atoms with van der Waals surface area (Å²) < 4.78 is 0. The lowest BCUT2D eigenvalue weighted by molar-refractivity contribution is -0.116. The number of ketones is 1. The molecule has 0 fully saturated rings. The fourth-order valence-corrected chi connectivity index (χ4v) is 2.61. The van der Waals surface area contributed by atoms with Crippen LogP contribution in [-0.4, -0.2) is 11.0 Å². The highest BCUT2D eigenvalue weighted by atomic mass is 35.5. The van der Waals surface area contributed by atoms with Crippen LogP contribution in [0.4, 0.5) is 0 Å². The quantitative estimate of drug-likeness (QED) is 0.744. The van der Waals surface area contributed by atoms with Crippen LogP contribution in [0.15, 0.2) is 23.1 Å². The summed E-state index contributed by atoms with van der Waals surface area (Å²) in [5, 5.41) is 1.19. The largest absolute Gasteiger partial charge is 0.300 e. The third kappa shape index (κ3) is 3.88. The first-order chi connectivity index (χ1) is 7.00. The van der Waals surface area contributed by atoms with Gasteiger partial charge in [0.25, 0.3) is 0 Å². The Morgan fingerprint density at radius 2 is 2.13 bits per heavy atom. The zero-order chi connectivity index (χ0) is 11.4. The van der Waals surface area contributed by atoms with E-state index in [-0.39, 0.29) is 5.78 Å². The molecule has 0 atom stereocenters. The van der Waals surface area contributed by atoms with E-state index in [9.17, 15) is 4.79 Å². The topological polar surface area (TPSA) is 17.1 Å². The van der Waals surface area contributed by atoms with E-state index in [1.807, 2.05) is 18.2 Å². The van der Waals surface area contributed by atoms with Gasteiger partial charge in [0, 0.05) is 21.6 Å². The van der Waals surface area contributed by atoms with Crippen molar-refractivity contribution in [2.75, 3.05) is 0 Å². The van der Waals surface area contributed by atoms with Crippen molar-refractivity contribution >= 4 is 29.1 Å². The molecule has 1 aromatic carbocycles. The molecule has 1 nitrogen and oxygen atoms in total. The minimum Gasteiger partial charge on any atom is -0.300 e. The van der Waals surface area contributed by atoms with Crippen molar-refractivity contribution < 1.29 is 4.79 Å². The smallest absolute Gasteiger partial charge is 0.134 e. The second kappa shape index (κ2) is 5.57. The number of rotatable bonds is 4. The third-order valence-electron chi connectivity index (χ3n) is 1.86. The van der Waals surface area contributed by atoms with Gasteiger partial charge in [-0.2, -0.15) is 0 Å². The molecule has 0 aliphatic carbocycles. The molecule has 0 spiro atoms. The molecule has 0 saturated carbocycles. The Labute approximate surface area is 100 Å². The molecule has 0 saturated heterocycles. The Balaban J connectivity index is 3.02. The van der Waals surface area contributed by atoms with Gasteiger partial charge in [-0.25, -0.2) is 0 Å². The van der Waals surface area contributed by atoms with Gasteiger partial charge in [0.05, 0.1) is 0 Å². The van der Waals surface area contributed by atoms with E-state index in [2.05, 4.69) is 13.8 Å². The van der Waals surface area contributed by atoms with Crippen LogP contribution < -0.4 is 0 Å². The summed E-state index contributed by atoms with van der Waals surface area (Å²) in [4.78, 5) is 12.3.